The molecule has 0 bridgehead atoms. The highest BCUT2D eigenvalue weighted by Gasteiger charge is 2.63. The van der Waals surface area contributed by atoms with Crippen molar-refractivity contribution in [1.82, 2.24) is 4.90 Å². The van der Waals surface area contributed by atoms with Gasteiger partial charge in [-0.3, -0.25) is 24.0 Å². The molecule has 198 valence electrons. The third kappa shape index (κ3) is 3.78. The van der Waals surface area contributed by atoms with E-state index in [2.05, 4.69) is 0 Å². The zero-order valence-corrected chi connectivity index (χ0v) is 21.6. The second kappa shape index (κ2) is 8.36. The summed E-state index contributed by atoms with van der Waals surface area (Å²) in [5, 5.41) is 0. The molecule has 4 atom stereocenters. The van der Waals surface area contributed by atoms with Gasteiger partial charge in [-0.25, -0.2) is 4.79 Å². The fraction of sp³-hybridized carbons (Fsp3) is 0.367. The Hall–Kier alpha value is -4.27. The van der Waals surface area contributed by atoms with Crippen molar-refractivity contribution in [3.63, 3.8) is 0 Å². The van der Waals surface area contributed by atoms with Crippen molar-refractivity contribution < 1.29 is 38.3 Å². The number of likely N-dealkylation sites (tertiary alicyclic amines) is 1. The van der Waals surface area contributed by atoms with Crippen LogP contribution < -0.4 is 0 Å². The zero-order chi connectivity index (χ0) is 28.0. The van der Waals surface area contributed by atoms with Crippen LogP contribution in [-0.4, -0.2) is 64.9 Å². The fourth-order valence-corrected chi connectivity index (χ4v) is 6.17. The summed E-state index contributed by atoms with van der Waals surface area (Å²) in [5.41, 5.74) is 1.10. The Bertz CT molecular complexity index is 1530. The minimum absolute atomic E-state index is 0.0910. The second-order valence-corrected chi connectivity index (χ2v) is 11.7. The van der Waals surface area contributed by atoms with E-state index in [-0.39, 0.29) is 34.1 Å². The van der Waals surface area contributed by atoms with Crippen molar-refractivity contribution in [3.05, 3.63) is 58.7 Å². The van der Waals surface area contributed by atoms with Crippen LogP contribution in [0.15, 0.2) is 36.4 Å². The number of hydrogen-bond donors (Lipinski definition) is 0. The van der Waals surface area contributed by atoms with Gasteiger partial charge in [0, 0.05) is 41.3 Å². The van der Waals surface area contributed by atoms with Crippen molar-refractivity contribution >= 4 is 41.3 Å². The molecular weight excluding hydrogens is 502 g/mol. The summed E-state index contributed by atoms with van der Waals surface area (Å²) in [6.45, 7) is 6.05. The van der Waals surface area contributed by atoms with Gasteiger partial charge in [-0.2, -0.15) is 0 Å². The Morgan fingerprint density at radius 3 is 1.82 bits per heavy atom. The Balaban J connectivity index is 1.19. The smallest absolute Gasteiger partial charge is 0.410 e. The van der Waals surface area contributed by atoms with Gasteiger partial charge in [0.2, 0.25) is 0 Å². The van der Waals surface area contributed by atoms with Gasteiger partial charge in [-0.1, -0.05) is 24.3 Å². The van der Waals surface area contributed by atoms with E-state index >= 15 is 0 Å². The molecule has 0 N–H and O–H groups in total. The zero-order valence-electron chi connectivity index (χ0n) is 21.6. The second-order valence-electron chi connectivity index (χ2n) is 11.7. The molecule has 1 saturated heterocycles. The molecule has 1 saturated carbocycles. The van der Waals surface area contributed by atoms with E-state index in [0.29, 0.717) is 30.5 Å². The fourth-order valence-electron chi connectivity index (χ4n) is 6.17. The lowest BCUT2D eigenvalue weighted by atomic mass is 9.93. The van der Waals surface area contributed by atoms with Crippen LogP contribution in [-0.2, 0) is 14.3 Å². The molecule has 39 heavy (non-hydrogen) atoms. The van der Waals surface area contributed by atoms with E-state index in [1.807, 2.05) is 0 Å². The molecule has 1 amide bonds. The van der Waals surface area contributed by atoms with Gasteiger partial charge in [0.05, 0.1) is 0 Å². The van der Waals surface area contributed by atoms with Gasteiger partial charge in [0.15, 0.2) is 28.9 Å². The lowest BCUT2D eigenvalue weighted by Gasteiger charge is -2.26. The maximum Gasteiger partial charge on any atom is 0.410 e. The standard InChI is InChI=1S/C30H25NO8/c1-30(2,3)39-29(38)31-10-19-20(11-31)22(19)28(37)23-26(35)16-7-5-14(9-18(16)27(23)36)13-4-6-15-17(8-13)25(34)21(12-32)24(15)33/h4-9,12,19-23H,10-11H2,1-3H3. The van der Waals surface area contributed by atoms with Crippen LogP contribution >= 0.6 is 0 Å². The van der Waals surface area contributed by atoms with Gasteiger partial charge in [0.25, 0.3) is 0 Å². The minimum atomic E-state index is -1.40. The molecule has 0 spiro atoms. The third-order valence-electron chi connectivity index (χ3n) is 8.12. The lowest BCUT2D eigenvalue weighted by Crippen LogP contribution is -2.38. The molecule has 3 aliphatic carbocycles. The predicted molar refractivity (Wildman–Crippen MR) is 136 cm³/mol. The van der Waals surface area contributed by atoms with E-state index in [0.717, 1.165) is 0 Å². The molecule has 9 nitrogen and oxygen atoms in total. The summed E-state index contributed by atoms with van der Waals surface area (Å²) in [7, 11) is 0. The van der Waals surface area contributed by atoms with Crippen LogP contribution in [0.2, 0.25) is 0 Å². The quantitative estimate of drug-likeness (QED) is 0.437. The number of carbonyl (C=O) groups is 7. The average Bonchev–Trinajstić information content (AvgIpc) is 3.13. The summed E-state index contributed by atoms with van der Waals surface area (Å²) in [6, 6.07) is 9.26. The highest BCUT2D eigenvalue weighted by Crippen LogP contribution is 2.54. The number of nitrogens with zero attached hydrogens (tertiary/aromatic N) is 1. The predicted octanol–water partition coefficient (Wildman–Crippen LogP) is 3.22. The maximum atomic E-state index is 13.4. The van der Waals surface area contributed by atoms with Crippen molar-refractivity contribution in [3.8, 4) is 11.1 Å². The number of carbonyl (C=O) groups excluding carboxylic acids is 7. The molecular formula is C30H25NO8. The summed E-state index contributed by atoms with van der Waals surface area (Å²) >= 11 is 0. The SMILES string of the molecule is CC(C)(C)OC(=O)N1CC2C(C1)C2C(=O)C1C(=O)c2ccc(-c3ccc4c(c3)C(=O)C(C=O)C4=O)cc2C1=O. The van der Waals surface area contributed by atoms with Gasteiger partial charge < -0.3 is 14.4 Å². The normalized spacial score (nSPS) is 26.8. The number of hydrogen-bond acceptors (Lipinski definition) is 8. The summed E-state index contributed by atoms with van der Waals surface area (Å²) in [6.07, 6.45) is -0.0993. The highest BCUT2D eigenvalue weighted by molar-refractivity contribution is 6.36. The van der Waals surface area contributed by atoms with Crippen LogP contribution in [0.5, 0.6) is 0 Å². The van der Waals surface area contributed by atoms with Gasteiger partial charge in [-0.15, -0.1) is 0 Å². The number of rotatable bonds is 4. The van der Waals surface area contributed by atoms with Crippen LogP contribution in [0.1, 0.15) is 62.2 Å². The Kier molecular flexibility index (Phi) is 5.37. The number of amides is 1. The first-order valence-electron chi connectivity index (χ1n) is 12.8. The van der Waals surface area contributed by atoms with E-state index in [9.17, 15) is 33.6 Å². The van der Waals surface area contributed by atoms with Gasteiger partial charge >= 0.3 is 6.09 Å². The summed E-state index contributed by atoms with van der Waals surface area (Å²) in [5.74, 6) is -5.93. The van der Waals surface area contributed by atoms with E-state index in [4.69, 9.17) is 4.74 Å². The molecule has 0 aromatic heterocycles. The maximum absolute atomic E-state index is 13.4. The monoisotopic (exact) mass is 527 g/mol. The van der Waals surface area contributed by atoms with Crippen LogP contribution in [0.3, 0.4) is 0 Å². The Morgan fingerprint density at radius 1 is 0.795 bits per heavy atom. The molecule has 4 aliphatic rings. The number of ketones is 5. The molecule has 4 unspecified atom stereocenters. The summed E-state index contributed by atoms with van der Waals surface area (Å²) in [4.78, 5) is 89.6. The Labute approximate surface area is 223 Å². The molecule has 2 fully saturated rings. The first-order chi connectivity index (χ1) is 18.4. The molecule has 1 heterocycles. The molecule has 6 rings (SSSR count). The van der Waals surface area contributed by atoms with Crippen molar-refractivity contribution in [2.75, 3.05) is 13.1 Å². The molecule has 9 heteroatoms. The minimum Gasteiger partial charge on any atom is -0.444 e. The first kappa shape index (κ1) is 25.0. The van der Waals surface area contributed by atoms with E-state index in [1.54, 1.807) is 37.8 Å². The molecule has 2 aromatic rings. The van der Waals surface area contributed by atoms with Crippen LogP contribution in [0, 0.1) is 29.6 Å². The largest absolute Gasteiger partial charge is 0.444 e. The number of benzene rings is 2. The van der Waals surface area contributed by atoms with Crippen LogP contribution in [0.4, 0.5) is 4.79 Å². The van der Waals surface area contributed by atoms with Crippen molar-refractivity contribution in [2.45, 2.75) is 26.4 Å². The number of fused-ring (bicyclic) bond motifs is 3. The number of aldehydes is 1. The molecule has 2 aromatic carbocycles. The lowest BCUT2D eigenvalue weighted by molar-refractivity contribution is -0.122. The van der Waals surface area contributed by atoms with Crippen molar-refractivity contribution in [1.29, 1.82) is 0 Å². The molecule has 0 radical (unpaired) electrons. The van der Waals surface area contributed by atoms with E-state index in [1.165, 1.54) is 24.3 Å². The van der Waals surface area contributed by atoms with Gasteiger partial charge in [-0.05, 0) is 55.9 Å². The number of Topliss-reactive ketones (excluding diaryl/α,β-unsaturated/α-hetero) is 5. The summed E-state index contributed by atoms with van der Waals surface area (Å²) < 4.78 is 5.40. The highest BCUT2D eigenvalue weighted by atomic mass is 16.6. The topological polar surface area (TPSA) is 132 Å². The van der Waals surface area contributed by atoms with Crippen molar-refractivity contribution in [2.24, 2.45) is 29.6 Å². The number of piperidine rings is 1. The van der Waals surface area contributed by atoms with Gasteiger partial charge in [0.1, 0.15) is 23.7 Å². The molecule has 1 aliphatic heterocycles. The average molecular weight is 528 g/mol. The first-order valence-corrected chi connectivity index (χ1v) is 12.8. The number of ether oxygens (including phenoxy) is 1. The Morgan fingerprint density at radius 2 is 1.28 bits per heavy atom. The van der Waals surface area contributed by atoms with E-state index < -0.39 is 58.4 Å². The van der Waals surface area contributed by atoms with Crippen LogP contribution in [0.25, 0.3) is 11.1 Å². The third-order valence-corrected chi connectivity index (χ3v) is 8.12.